The van der Waals surface area contributed by atoms with Gasteiger partial charge in [-0.25, -0.2) is 9.59 Å². The van der Waals surface area contributed by atoms with Crippen LogP contribution in [0.25, 0.3) is 32.9 Å². The number of carbonyl (C=O) groups excluding carboxylic acids is 1. The van der Waals surface area contributed by atoms with Crippen LogP contribution < -0.4 is 5.63 Å². The Morgan fingerprint density at radius 1 is 1.00 bits per heavy atom. The van der Waals surface area contributed by atoms with Crippen LogP contribution in [0.1, 0.15) is 22.8 Å². The van der Waals surface area contributed by atoms with Crippen LogP contribution in [0.4, 0.5) is 0 Å². The molecule has 0 aliphatic heterocycles. The first-order valence-electron chi connectivity index (χ1n) is 7.66. The first-order valence-corrected chi connectivity index (χ1v) is 7.66. The highest BCUT2D eigenvalue weighted by Crippen LogP contribution is 2.36. The van der Waals surface area contributed by atoms with Crippen LogP contribution in [0.2, 0.25) is 0 Å². The molecule has 0 spiro atoms. The second-order valence-corrected chi connectivity index (χ2v) is 5.52. The van der Waals surface area contributed by atoms with E-state index in [1.54, 1.807) is 26.0 Å². The molecular weight excluding hydrogens is 308 g/mol. The maximum Gasteiger partial charge on any atom is 0.351 e. The van der Waals surface area contributed by atoms with E-state index in [1.807, 2.05) is 24.3 Å². The maximum absolute atomic E-state index is 12.2. The SMILES string of the molecule is CCOC(=O)c1c(C)c2c(ccc3oc4ccccc4c32)oc1=O. The van der Waals surface area contributed by atoms with Gasteiger partial charge < -0.3 is 13.6 Å². The van der Waals surface area contributed by atoms with E-state index in [-0.39, 0.29) is 12.2 Å². The van der Waals surface area contributed by atoms with Crippen molar-refractivity contribution in [3.63, 3.8) is 0 Å². The number of ether oxygens (including phenoxy) is 1. The smallest absolute Gasteiger partial charge is 0.351 e. The summed E-state index contributed by atoms with van der Waals surface area (Å²) in [5.41, 5.74) is 1.62. The average molecular weight is 322 g/mol. The lowest BCUT2D eigenvalue weighted by atomic mass is 10.0. The molecular formula is C19H14O5. The van der Waals surface area contributed by atoms with E-state index in [0.717, 1.165) is 16.4 Å². The molecule has 2 heterocycles. The summed E-state index contributed by atoms with van der Waals surface area (Å²) < 4.78 is 16.2. The molecule has 0 aliphatic rings. The third-order valence-electron chi connectivity index (χ3n) is 4.14. The van der Waals surface area contributed by atoms with Gasteiger partial charge in [-0.3, -0.25) is 0 Å². The summed E-state index contributed by atoms with van der Waals surface area (Å²) in [4.78, 5) is 24.4. The fourth-order valence-corrected chi connectivity index (χ4v) is 3.12. The van der Waals surface area contributed by atoms with Crippen LogP contribution in [-0.2, 0) is 4.74 Å². The van der Waals surface area contributed by atoms with Gasteiger partial charge in [-0.15, -0.1) is 0 Å². The van der Waals surface area contributed by atoms with Crippen LogP contribution in [0.15, 0.2) is 50.0 Å². The minimum absolute atomic E-state index is 0.0675. The molecule has 0 N–H and O–H groups in total. The first kappa shape index (κ1) is 14.5. The molecule has 5 nitrogen and oxygen atoms in total. The van der Waals surface area contributed by atoms with Crippen LogP contribution in [-0.4, -0.2) is 12.6 Å². The number of esters is 1. The minimum Gasteiger partial charge on any atom is -0.462 e. The fourth-order valence-electron chi connectivity index (χ4n) is 3.12. The Morgan fingerprint density at radius 2 is 1.71 bits per heavy atom. The summed E-state index contributed by atoms with van der Waals surface area (Å²) in [6.07, 6.45) is 0. The highest BCUT2D eigenvalue weighted by molar-refractivity contribution is 6.19. The molecule has 4 rings (SSSR count). The number of benzene rings is 2. The number of hydrogen-bond acceptors (Lipinski definition) is 5. The average Bonchev–Trinajstić information content (AvgIpc) is 2.93. The maximum atomic E-state index is 12.2. The van der Waals surface area contributed by atoms with Crippen molar-refractivity contribution in [1.82, 2.24) is 0 Å². The van der Waals surface area contributed by atoms with Gasteiger partial charge in [0.1, 0.15) is 22.3 Å². The number of fused-ring (bicyclic) bond motifs is 5. The highest BCUT2D eigenvalue weighted by atomic mass is 16.5. The van der Waals surface area contributed by atoms with E-state index in [0.29, 0.717) is 22.1 Å². The van der Waals surface area contributed by atoms with Gasteiger partial charge in [-0.1, -0.05) is 18.2 Å². The lowest BCUT2D eigenvalue weighted by Crippen LogP contribution is -2.18. The Kier molecular flexibility index (Phi) is 3.16. The Balaban J connectivity index is 2.21. The monoisotopic (exact) mass is 322 g/mol. The summed E-state index contributed by atoms with van der Waals surface area (Å²) in [5.74, 6) is -0.671. The molecule has 5 heteroatoms. The number of aryl methyl sites for hydroxylation is 1. The van der Waals surface area contributed by atoms with Crippen molar-refractivity contribution in [2.24, 2.45) is 0 Å². The van der Waals surface area contributed by atoms with E-state index in [1.165, 1.54) is 0 Å². The third-order valence-corrected chi connectivity index (χ3v) is 4.14. The third kappa shape index (κ3) is 1.94. The molecule has 0 unspecified atom stereocenters. The molecule has 0 aliphatic carbocycles. The molecule has 0 radical (unpaired) electrons. The predicted octanol–water partition coefficient (Wildman–Crippen LogP) is 4.18. The largest absolute Gasteiger partial charge is 0.462 e. The molecule has 24 heavy (non-hydrogen) atoms. The Bertz CT molecular complexity index is 1160. The van der Waals surface area contributed by atoms with Crippen LogP contribution in [0.5, 0.6) is 0 Å². The predicted molar refractivity (Wildman–Crippen MR) is 90.5 cm³/mol. The zero-order valence-electron chi connectivity index (χ0n) is 13.2. The molecule has 120 valence electrons. The lowest BCUT2D eigenvalue weighted by molar-refractivity contribution is 0.0521. The second kappa shape index (κ2) is 5.23. The lowest BCUT2D eigenvalue weighted by Gasteiger charge is -2.08. The Labute approximate surface area is 136 Å². The van der Waals surface area contributed by atoms with Gasteiger partial charge in [0.15, 0.2) is 0 Å². The van der Waals surface area contributed by atoms with Crippen LogP contribution in [0, 0.1) is 6.92 Å². The first-order chi connectivity index (χ1) is 11.6. The number of para-hydroxylation sites is 1. The number of rotatable bonds is 2. The van der Waals surface area contributed by atoms with Gasteiger partial charge in [-0.2, -0.15) is 0 Å². The molecule has 0 saturated heterocycles. The van der Waals surface area contributed by atoms with E-state index in [9.17, 15) is 9.59 Å². The normalized spacial score (nSPS) is 11.4. The summed E-state index contributed by atoms with van der Waals surface area (Å²) in [7, 11) is 0. The Hall–Kier alpha value is -3.08. The van der Waals surface area contributed by atoms with Gasteiger partial charge in [0, 0.05) is 16.2 Å². The van der Waals surface area contributed by atoms with Gasteiger partial charge in [0.05, 0.1) is 6.61 Å². The fraction of sp³-hybridized carbons (Fsp3) is 0.158. The molecule has 0 fully saturated rings. The summed E-state index contributed by atoms with van der Waals surface area (Å²) in [6.45, 7) is 3.61. The molecule has 0 atom stereocenters. The van der Waals surface area contributed by atoms with Crippen molar-refractivity contribution in [3.05, 3.63) is 57.9 Å². The van der Waals surface area contributed by atoms with E-state index >= 15 is 0 Å². The summed E-state index contributed by atoms with van der Waals surface area (Å²) >= 11 is 0. The van der Waals surface area contributed by atoms with Crippen molar-refractivity contribution in [2.75, 3.05) is 6.61 Å². The van der Waals surface area contributed by atoms with Crippen molar-refractivity contribution < 1.29 is 18.4 Å². The minimum atomic E-state index is -0.689. The topological polar surface area (TPSA) is 69.7 Å². The zero-order valence-corrected chi connectivity index (χ0v) is 13.2. The molecule has 0 saturated carbocycles. The van der Waals surface area contributed by atoms with Crippen molar-refractivity contribution in [1.29, 1.82) is 0 Å². The van der Waals surface area contributed by atoms with Crippen molar-refractivity contribution in [2.45, 2.75) is 13.8 Å². The summed E-state index contributed by atoms with van der Waals surface area (Å²) in [5, 5.41) is 2.43. The van der Waals surface area contributed by atoms with Gasteiger partial charge in [0.25, 0.3) is 0 Å². The van der Waals surface area contributed by atoms with Crippen molar-refractivity contribution in [3.8, 4) is 0 Å². The van der Waals surface area contributed by atoms with Crippen LogP contribution >= 0.6 is 0 Å². The Morgan fingerprint density at radius 3 is 2.46 bits per heavy atom. The van der Waals surface area contributed by atoms with Gasteiger partial charge >= 0.3 is 11.6 Å². The number of carbonyl (C=O) groups is 1. The van der Waals surface area contributed by atoms with Gasteiger partial charge in [0.2, 0.25) is 0 Å². The molecule has 4 aromatic rings. The number of hydrogen-bond donors (Lipinski definition) is 0. The van der Waals surface area contributed by atoms with Crippen molar-refractivity contribution >= 4 is 38.9 Å². The van der Waals surface area contributed by atoms with E-state index in [4.69, 9.17) is 13.6 Å². The second-order valence-electron chi connectivity index (χ2n) is 5.52. The number of furan rings is 1. The molecule has 0 bridgehead atoms. The van der Waals surface area contributed by atoms with Gasteiger partial charge in [-0.05, 0) is 37.6 Å². The highest BCUT2D eigenvalue weighted by Gasteiger charge is 2.22. The molecule has 2 aromatic heterocycles. The molecule has 0 amide bonds. The summed E-state index contributed by atoms with van der Waals surface area (Å²) in [6, 6.07) is 11.1. The van der Waals surface area contributed by atoms with Crippen LogP contribution in [0.3, 0.4) is 0 Å². The standard InChI is InChI=1S/C19H14O5/c1-3-22-18(20)16-10(2)15-13(24-19(16)21)8-9-14-17(15)11-6-4-5-7-12(11)23-14/h4-9H,3H2,1-2H3. The quantitative estimate of drug-likeness (QED) is 0.409. The molecule has 2 aromatic carbocycles. The zero-order chi connectivity index (χ0) is 16.8. The van der Waals surface area contributed by atoms with E-state index < -0.39 is 11.6 Å². The van der Waals surface area contributed by atoms with E-state index in [2.05, 4.69) is 0 Å².